The van der Waals surface area contributed by atoms with Crippen molar-refractivity contribution in [1.29, 1.82) is 0 Å². The van der Waals surface area contributed by atoms with Crippen LogP contribution < -0.4 is 23.9 Å². The molecule has 0 aromatic heterocycles. The fourth-order valence-electron chi connectivity index (χ4n) is 2.56. The second-order valence-corrected chi connectivity index (χ2v) is 8.73. The number of ether oxygens (including phenoxy) is 3. The average Bonchev–Trinajstić information content (AvgIpc) is 2.71. The minimum Gasteiger partial charge on any atom is -0.493 e. The van der Waals surface area contributed by atoms with E-state index in [1.807, 2.05) is 0 Å². The number of nitrogens with zero attached hydrogens (tertiary/aromatic N) is 2. The van der Waals surface area contributed by atoms with E-state index in [9.17, 15) is 13.2 Å². The molecule has 1 N–H and O–H groups in total. The monoisotopic (exact) mass is 499 g/mol. The van der Waals surface area contributed by atoms with Gasteiger partial charge < -0.3 is 14.2 Å². The number of methoxy groups -OCH3 is 3. The van der Waals surface area contributed by atoms with Crippen LogP contribution in [0.1, 0.15) is 5.56 Å². The molecule has 0 aliphatic heterocycles. The number of rotatable bonds is 9. The zero-order valence-corrected chi connectivity index (χ0v) is 19.3. The number of para-hydroxylation sites is 1. The number of sulfonamides is 1. The van der Waals surface area contributed by atoms with Gasteiger partial charge in [-0.2, -0.15) is 5.10 Å². The number of anilines is 1. The first-order chi connectivity index (χ1) is 14.2. The predicted molar refractivity (Wildman–Crippen MR) is 118 cm³/mol. The van der Waals surface area contributed by atoms with Crippen molar-refractivity contribution in [1.82, 2.24) is 5.43 Å². The van der Waals surface area contributed by atoms with E-state index in [0.717, 1.165) is 10.6 Å². The fourth-order valence-corrected chi connectivity index (χ4v) is 4.04. The third-order valence-electron chi connectivity index (χ3n) is 3.90. The van der Waals surface area contributed by atoms with E-state index < -0.39 is 22.5 Å². The normalized spacial score (nSPS) is 11.2. The molecule has 0 aliphatic carbocycles. The van der Waals surface area contributed by atoms with Crippen LogP contribution >= 0.6 is 15.9 Å². The van der Waals surface area contributed by atoms with Crippen LogP contribution in [0.4, 0.5) is 5.69 Å². The van der Waals surface area contributed by atoms with Gasteiger partial charge in [0.05, 0.1) is 39.5 Å². The number of hydrogen-bond donors (Lipinski definition) is 1. The molecule has 30 heavy (non-hydrogen) atoms. The van der Waals surface area contributed by atoms with Gasteiger partial charge in [-0.1, -0.05) is 12.1 Å². The summed E-state index contributed by atoms with van der Waals surface area (Å²) in [4.78, 5) is 12.3. The van der Waals surface area contributed by atoms with Crippen LogP contribution in [0.2, 0.25) is 0 Å². The van der Waals surface area contributed by atoms with Gasteiger partial charge in [0.1, 0.15) is 6.54 Å². The number of nitrogens with one attached hydrogen (secondary N) is 1. The molecule has 11 heteroatoms. The fraction of sp³-hybridized carbons (Fsp3) is 0.263. The molecule has 0 spiro atoms. The number of hydrogen-bond acceptors (Lipinski definition) is 7. The van der Waals surface area contributed by atoms with Gasteiger partial charge in [-0.25, -0.2) is 13.8 Å². The molecule has 162 valence electrons. The highest BCUT2D eigenvalue weighted by Crippen LogP contribution is 2.37. The molecule has 0 aliphatic rings. The summed E-state index contributed by atoms with van der Waals surface area (Å²) in [6, 6.07) is 10.0. The maximum atomic E-state index is 12.3. The first-order valence-corrected chi connectivity index (χ1v) is 11.2. The standard InChI is InChI=1S/C19H22BrN3O6S/c1-27-16-9-13(10-17(28-2)19(16)29-3)11-21-22-18(24)12-23(30(4,25)26)15-8-6-5-7-14(15)20/h5-11H,12H2,1-4H3,(H,22,24)/b21-11-. The summed E-state index contributed by atoms with van der Waals surface area (Å²) in [5, 5.41) is 3.89. The van der Waals surface area contributed by atoms with E-state index in [-0.39, 0.29) is 0 Å². The van der Waals surface area contributed by atoms with Crippen molar-refractivity contribution in [3.05, 3.63) is 46.4 Å². The molecule has 1 amide bonds. The minimum absolute atomic E-state index is 0.351. The maximum absolute atomic E-state index is 12.3. The lowest BCUT2D eigenvalue weighted by atomic mass is 10.2. The molecule has 0 atom stereocenters. The third kappa shape index (κ3) is 5.86. The molecule has 2 rings (SSSR count). The second-order valence-electron chi connectivity index (χ2n) is 5.97. The van der Waals surface area contributed by atoms with Crippen molar-refractivity contribution in [3.8, 4) is 17.2 Å². The molecule has 0 radical (unpaired) electrons. The number of amides is 1. The maximum Gasteiger partial charge on any atom is 0.260 e. The number of benzene rings is 2. The third-order valence-corrected chi connectivity index (χ3v) is 5.70. The Kier molecular flexibility index (Phi) is 8.07. The summed E-state index contributed by atoms with van der Waals surface area (Å²) in [7, 11) is 0.773. The molecule has 0 saturated heterocycles. The first kappa shape index (κ1) is 23.5. The largest absolute Gasteiger partial charge is 0.493 e. The van der Waals surface area contributed by atoms with E-state index in [4.69, 9.17) is 14.2 Å². The van der Waals surface area contributed by atoms with Crippen molar-refractivity contribution in [3.63, 3.8) is 0 Å². The molecule has 9 nitrogen and oxygen atoms in total. The zero-order chi connectivity index (χ0) is 22.3. The molecule has 0 heterocycles. The topological polar surface area (TPSA) is 107 Å². The number of halogens is 1. The highest BCUT2D eigenvalue weighted by atomic mass is 79.9. The van der Waals surface area contributed by atoms with Crippen LogP contribution in [-0.4, -0.2) is 54.7 Å². The summed E-state index contributed by atoms with van der Waals surface area (Å²) >= 11 is 3.30. The molecule has 0 saturated carbocycles. The second kappa shape index (κ2) is 10.3. The van der Waals surface area contributed by atoms with Crippen molar-refractivity contribution >= 4 is 43.8 Å². The molecule has 0 bridgehead atoms. The highest BCUT2D eigenvalue weighted by Gasteiger charge is 2.22. The van der Waals surface area contributed by atoms with Gasteiger partial charge in [0.15, 0.2) is 11.5 Å². The minimum atomic E-state index is -3.69. The van der Waals surface area contributed by atoms with E-state index in [2.05, 4.69) is 26.5 Å². The molecule has 0 fully saturated rings. The van der Waals surface area contributed by atoms with E-state index in [1.165, 1.54) is 27.5 Å². The number of carbonyl (C=O) groups excluding carboxylic acids is 1. The van der Waals surface area contributed by atoms with E-state index >= 15 is 0 Å². The summed E-state index contributed by atoms with van der Waals surface area (Å²) in [5.74, 6) is 0.682. The Bertz CT molecular complexity index is 1020. The Morgan fingerprint density at radius 3 is 2.23 bits per heavy atom. The van der Waals surface area contributed by atoms with Crippen LogP contribution in [-0.2, 0) is 14.8 Å². The van der Waals surface area contributed by atoms with Crippen molar-refractivity contribution < 1.29 is 27.4 Å². The van der Waals surface area contributed by atoms with Gasteiger partial charge in [0.25, 0.3) is 5.91 Å². The molecule has 0 unspecified atom stereocenters. The molecular weight excluding hydrogens is 478 g/mol. The predicted octanol–water partition coefficient (Wildman–Crippen LogP) is 2.39. The highest BCUT2D eigenvalue weighted by molar-refractivity contribution is 9.10. The molecule has 2 aromatic carbocycles. The Hall–Kier alpha value is -2.79. The first-order valence-electron chi connectivity index (χ1n) is 8.55. The lowest BCUT2D eigenvalue weighted by molar-refractivity contribution is -0.119. The van der Waals surface area contributed by atoms with Gasteiger partial charge in [0, 0.05) is 10.0 Å². The van der Waals surface area contributed by atoms with Crippen LogP contribution in [0.3, 0.4) is 0 Å². The van der Waals surface area contributed by atoms with Crippen LogP contribution in [0.25, 0.3) is 0 Å². The van der Waals surface area contributed by atoms with Gasteiger partial charge in [-0.15, -0.1) is 0 Å². The van der Waals surface area contributed by atoms with Crippen LogP contribution in [0.5, 0.6) is 17.2 Å². The lowest BCUT2D eigenvalue weighted by Crippen LogP contribution is -2.39. The van der Waals surface area contributed by atoms with Gasteiger partial charge >= 0.3 is 0 Å². The Morgan fingerprint density at radius 1 is 1.13 bits per heavy atom. The Labute approximate surface area is 183 Å². The van der Waals surface area contributed by atoms with Gasteiger partial charge in [-0.3, -0.25) is 9.10 Å². The molecular formula is C19H22BrN3O6S. The summed E-state index contributed by atoms with van der Waals surface area (Å²) in [6.07, 6.45) is 2.41. The van der Waals surface area contributed by atoms with Gasteiger partial charge in [0.2, 0.25) is 15.8 Å². The van der Waals surface area contributed by atoms with E-state index in [0.29, 0.717) is 33.0 Å². The average molecular weight is 500 g/mol. The Morgan fingerprint density at radius 2 is 1.73 bits per heavy atom. The van der Waals surface area contributed by atoms with Crippen LogP contribution in [0, 0.1) is 0 Å². The van der Waals surface area contributed by atoms with Crippen molar-refractivity contribution in [2.45, 2.75) is 0 Å². The number of carbonyl (C=O) groups is 1. The quantitative estimate of drug-likeness (QED) is 0.419. The van der Waals surface area contributed by atoms with Crippen molar-refractivity contribution in [2.75, 3.05) is 38.4 Å². The zero-order valence-electron chi connectivity index (χ0n) is 16.9. The molecule has 2 aromatic rings. The number of hydrazone groups is 1. The summed E-state index contributed by atoms with van der Waals surface area (Å²) < 4.78 is 41.6. The SMILES string of the molecule is COc1cc(/C=N\NC(=O)CN(c2ccccc2Br)S(C)(=O)=O)cc(OC)c1OC. The van der Waals surface area contributed by atoms with Crippen molar-refractivity contribution in [2.24, 2.45) is 5.10 Å². The summed E-state index contributed by atoms with van der Waals surface area (Å²) in [6.45, 7) is -0.436. The Balaban J connectivity index is 2.16. The summed E-state index contributed by atoms with van der Waals surface area (Å²) in [5.41, 5.74) is 3.25. The van der Waals surface area contributed by atoms with Crippen LogP contribution in [0.15, 0.2) is 46.0 Å². The lowest BCUT2D eigenvalue weighted by Gasteiger charge is -2.22. The smallest absolute Gasteiger partial charge is 0.260 e. The van der Waals surface area contributed by atoms with E-state index in [1.54, 1.807) is 36.4 Å². The van der Waals surface area contributed by atoms with Gasteiger partial charge in [-0.05, 0) is 40.2 Å².